The summed E-state index contributed by atoms with van der Waals surface area (Å²) in [5, 5.41) is 0. The van der Waals surface area contributed by atoms with E-state index >= 15 is 0 Å². The van der Waals surface area contributed by atoms with Gasteiger partial charge in [-0.15, -0.1) is 0 Å². The summed E-state index contributed by atoms with van der Waals surface area (Å²) in [5.74, 6) is -0.967. The van der Waals surface area contributed by atoms with E-state index in [4.69, 9.17) is 4.74 Å². The Balaban J connectivity index is 2.32. The average Bonchev–Trinajstić information content (AvgIpc) is 2.75. The van der Waals surface area contributed by atoms with Gasteiger partial charge in [0.2, 0.25) is 0 Å². The maximum absolute atomic E-state index is 13.3. The molecule has 0 spiro atoms. The van der Waals surface area contributed by atoms with Crippen LogP contribution in [-0.2, 0) is 19.6 Å². The highest BCUT2D eigenvalue weighted by molar-refractivity contribution is 7.92. The van der Waals surface area contributed by atoms with E-state index in [-0.39, 0.29) is 23.5 Å². The Labute approximate surface area is 203 Å². The van der Waals surface area contributed by atoms with Crippen LogP contribution in [-0.4, -0.2) is 76.5 Å². The number of benzene rings is 2. The van der Waals surface area contributed by atoms with E-state index in [0.29, 0.717) is 12.2 Å². The second kappa shape index (κ2) is 11.0. The molecule has 0 bridgehead atoms. The summed E-state index contributed by atoms with van der Waals surface area (Å²) in [6.45, 7) is 7.78. The van der Waals surface area contributed by atoms with Crippen molar-refractivity contribution in [2.45, 2.75) is 38.2 Å². The highest BCUT2D eigenvalue weighted by atomic mass is 32.2. The lowest BCUT2D eigenvalue weighted by molar-refractivity contribution is -0.155. The molecule has 0 aliphatic carbocycles. The molecule has 0 aliphatic rings. The molecule has 0 atom stereocenters. The van der Waals surface area contributed by atoms with Crippen molar-refractivity contribution in [2.24, 2.45) is 0 Å². The number of aryl methyl sites for hydroxylation is 1. The molecule has 0 aliphatic heterocycles. The van der Waals surface area contributed by atoms with E-state index in [9.17, 15) is 18.0 Å². The molecule has 0 saturated carbocycles. The largest absolute Gasteiger partial charge is 0.459 e. The third-order valence-electron chi connectivity index (χ3n) is 4.98. The molecule has 8 nitrogen and oxygen atoms in total. The van der Waals surface area contributed by atoms with Gasteiger partial charge in [-0.25, -0.2) is 8.42 Å². The smallest absolute Gasteiger partial charge is 0.326 e. The van der Waals surface area contributed by atoms with Gasteiger partial charge >= 0.3 is 5.97 Å². The highest BCUT2D eigenvalue weighted by Crippen LogP contribution is 2.23. The van der Waals surface area contributed by atoms with Gasteiger partial charge in [-0.2, -0.15) is 0 Å². The standard InChI is InChI=1S/C25H35N3O5S/c1-19-11-13-21(14-12-19)27(7)34(31,32)22-10-8-9-20(17-22)24(30)28(16-15-26(5)6)18-23(29)33-25(2,3)4/h8-14,17H,15-16,18H2,1-7H3. The molecule has 0 saturated heterocycles. The van der Waals surface area contributed by atoms with E-state index in [1.54, 1.807) is 39.0 Å². The summed E-state index contributed by atoms with van der Waals surface area (Å²) < 4.78 is 33.0. The summed E-state index contributed by atoms with van der Waals surface area (Å²) in [7, 11) is 1.31. The number of hydrogen-bond acceptors (Lipinski definition) is 6. The van der Waals surface area contributed by atoms with Gasteiger partial charge in [-0.3, -0.25) is 13.9 Å². The second-order valence-electron chi connectivity index (χ2n) is 9.45. The first kappa shape index (κ1) is 27.3. The van der Waals surface area contributed by atoms with Gasteiger partial charge < -0.3 is 14.5 Å². The van der Waals surface area contributed by atoms with Crippen LogP contribution in [0.15, 0.2) is 53.4 Å². The van der Waals surface area contributed by atoms with Crippen molar-refractivity contribution in [2.75, 3.05) is 45.1 Å². The van der Waals surface area contributed by atoms with Gasteiger partial charge in [0, 0.05) is 25.7 Å². The number of rotatable bonds is 9. The maximum atomic E-state index is 13.3. The van der Waals surface area contributed by atoms with Crippen LogP contribution in [0.1, 0.15) is 36.7 Å². The molecule has 0 radical (unpaired) electrons. The van der Waals surface area contributed by atoms with Crippen molar-refractivity contribution >= 4 is 27.6 Å². The number of nitrogens with zero attached hydrogens (tertiary/aromatic N) is 3. The van der Waals surface area contributed by atoms with Gasteiger partial charge in [0.15, 0.2) is 0 Å². The lowest BCUT2D eigenvalue weighted by atomic mass is 10.2. The van der Waals surface area contributed by atoms with Crippen molar-refractivity contribution < 1.29 is 22.7 Å². The molecule has 0 fully saturated rings. The quantitative estimate of drug-likeness (QED) is 0.503. The molecule has 2 aromatic carbocycles. The third-order valence-corrected chi connectivity index (χ3v) is 6.76. The minimum Gasteiger partial charge on any atom is -0.459 e. The number of likely N-dealkylation sites (N-methyl/N-ethyl adjacent to an activating group) is 1. The van der Waals surface area contributed by atoms with Crippen LogP contribution in [0.5, 0.6) is 0 Å². The zero-order chi connectivity index (χ0) is 25.7. The first-order chi connectivity index (χ1) is 15.7. The van der Waals surface area contributed by atoms with Crippen molar-refractivity contribution in [3.8, 4) is 0 Å². The topological polar surface area (TPSA) is 87.2 Å². The Morgan fingerprint density at radius 3 is 2.12 bits per heavy atom. The molecule has 0 aromatic heterocycles. The Hall–Kier alpha value is -2.91. The second-order valence-corrected chi connectivity index (χ2v) is 11.4. The third kappa shape index (κ3) is 7.56. The van der Waals surface area contributed by atoms with Gasteiger partial charge in [-0.1, -0.05) is 23.8 Å². The fraction of sp³-hybridized carbons (Fsp3) is 0.440. The molecule has 2 aromatic rings. The molecule has 34 heavy (non-hydrogen) atoms. The SMILES string of the molecule is Cc1ccc(N(C)S(=O)(=O)c2cccc(C(=O)N(CCN(C)C)CC(=O)OC(C)(C)C)c2)cc1. The first-order valence-corrected chi connectivity index (χ1v) is 12.5. The lowest BCUT2D eigenvalue weighted by Gasteiger charge is -2.26. The predicted molar refractivity (Wildman–Crippen MR) is 134 cm³/mol. The molecule has 0 unspecified atom stereocenters. The van der Waals surface area contributed by atoms with Crippen LogP contribution < -0.4 is 4.31 Å². The Bertz CT molecular complexity index is 1110. The molecule has 0 N–H and O–H groups in total. The fourth-order valence-corrected chi connectivity index (χ4v) is 4.37. The molecule has 9 heteroatoms. The van der Waals surface area contributed by atoms with Crippen LogP contribution in [0.2, 0.25) is 0 Å². The normalized spacial score (nSPS) is 11.9. The molecule has 1 amide bonds. The number of amides is 1. The summed E-state index contributed by atoms with van der Waals surface area (Å²) in [6.07, 6.45) is 0. The van der Waals surface area contributed by atoms with Crippen molar-refractivity contribution in [1.29, 1.82) is 0 Å². The van der Waals surface area contributed by atoms with Crippen LogP contribution in [0.3, 0.4) is 0 Å². The number of hydrogen-bond donors (Lipinski definition) is 0. The van der Waals surface area contributed by atoms with Crippen molar-refractivity contribution in [1.82, 2.24) is 9.80 Å². The van der Waals surface area contributed by atoms with E-state index in [2.05, 4.69) is 0 Å². The Kier molecular flexibility index (Phi) is 8.85. The minimum atomic E-state index is -3.90. The molecule has 2 rings (SSSR count). The number of sulfonamides is 1. The minimum absolute atomic E-state index is 0.00810. The van der Waals surface area contributed by atoms with Crippen LogP contribution in [0.25, 0.3) is 0 Å². The molecular formula is C25H35N3O5S. The summed E-state index contributed by atoms with van der Waals surface area (Å²) >= 11 is 0. The summed E-state index contributed by atoms with van der Waals surface area (Å²) in [6, 6.07) is 13.0. The number of ether oxygens (including phenoxy) is 1. The van der Waals surface area contributed by atoms with E-state index in [1.165, 1.54) is 34.5 Å². The fourth-order valence-electron chi connectivity index (χ4n) is 3.13. The number of carbonyl (C=O) groups is 2. The first-order valence-electron chi connectivity index (χ1n) is 11.0. The average molecular weight is 490 g/mol. The Morgan fingerprint density at radius 1 is 0.941 bits per heavy atom. The van der Waals surface area contributed by atoms with E-state index in [0.717, 1.165) is 5.56 Å². The Morgan fingerprint density at radius 2 is 1.56 bits per heavy atom. The van der Waals surface area contributed by atoms with Crippen LogP contribution >= 0.6 is 0 Å². The molecular weight excluding hydrogens is 454 g/mol. The van der Waals surface area contributed by atoms with E-state index in [1.807, 2.05) is 38.1 Å². The maximum Gasteiger partial charge on any atom is 0.326 e. The number of esters is 1. The van der Waals surface area contributed by atoms with Gasteiger partial charge in [0.1, 0.15) is 12.1 Å². The monoisotopic (exact) mass is 489 g/mol. The van der Waals surface area contributed by atoms with Crippen LogP contribution in [0.4, 0.5) is 5.69 Å². The zero-order valence-electron chi connectivity index (χ0n) is 21.0. The van der Waals surface area contributed by atoms with Crippen molar-refractivity contribution in [3.63, 3.8) is 0 Å². The van der Waals surface area contributed by atoms with Gasteiger partial charge in [0.05, 0.1) is 10.6 Å². The van der Waals surface area contributed by atoms with Crippen molar-refractivity contribution in [3.05, 3.63) is 59.7 Å². The van der Waals surface area contributed by atoms with Gasteiger partial charge in [-0.05, 0) is 72.1 Å². The molecule has 186 valence electrons. The summed E-state index contributed by atoms with van der Waals surface area (Å²) in [5.41, 5.74) is 1.03. The zero-order valence-corrected chi connectivity index (χ0v) is 21.8. The highest BCUT2D eigenvalue weighted by Gasteiger charge is 2.26. The summed E-state index contributed by atoms with van der Waals surface area (Å²) in [4.78, 5) is 29.0. The van der Waals surface area contributed by atoms with Crippen LogP contribution in [0, 0.1) is 6.92 Å². The van der Waals surface area contributed by atoms with E-state index < -0.39 is 27.5 Å². The molecule has 0 heterocycles. The number of carbonyl (C=O) groups excluding carboxylic acids is 2. The predicted octanol–water partition coefficient (Wildman–Crippen LogP) is 3.17. The number of anilines is 1. The van der Waals surface area contributed by atoms with Gasteiger partial charge in [0.25, 0.3) is 15.9 Å². The lowest BCUT2D eigenvalue weighted by Crippen LogP contribution is -2.42.